The molecule has 1 aliphatic rings. The predicted octanol–water partition coefficient (Wildman–Crippen LogP) is -0.516. The van der Waals surface area contributed by atoms with E-state index >= 15 is 0 Å². The van der Waals surface area contributed by atoms with E-state index in [2.05, 4.69) is 0 Å². The number of hydrogen-bond acceptors (Lipinski definition) is 5. The molecule has 0 aliphatic carbocycles. The van der Waals surface area contributed by atoms with Gasteiger partial charge in [0.25, 0.3) is 0 Å². The summed E-state index contributed by atoms with van der Waals surface area (Å²) < 4.78 is 46.1. The van der Waals surface area contributed by atoms with Gasteiger partial charge in [0, 0.05) is 19.2 Å². The van der Waals surface area contributed by atoms with Gasteiger partial charge in [0.2, 0.25) is 15.9 Å². The molecule has 1 amide bonds. The first kappa shape index (κ1) is 14.9. The number of anilines is 1. The van der Waals surface area contributed by atoms with Gasteiger partial charge in [-0.3, -0.25) is 4.79 Å². The minimum atomic E-state index is -3.84. The Morgan fingerprint density at radius 1 is 1.20 bits per heavy atom. The quantitative estimate of drug-likeness (QED) is 0.805. The van der Waals surface area contributed by atoms with E-state index in [-0.39, 0.29) is 23.5 Å². The Morgan fingerprint density at radius 2 is 1.80 bits per heavy atom. The number of hydrogen-bond donors (Lipinski definition) is 1. The second kappa shape index (κ2) is 4.83. The first-order chi connectivity index (χ1) is 9.10. The molecule has 1 aliphatic heterocycles. The number of sulfonamides is 1. The third-order valence-electron chi connectivity index (χ3n) is 3.11. The van der Waals surface area contributed by atoms with Crippen molar-refractivity contribution in [1.82, 2.24) is 0 Å². The van der Waals surface area contributed by atoms with Gasteiger partial charge in [-0.25, -0.2) is 22.0 Å². The molecule has 1 aromatic rings. The first-order valence-corrected chi connectivity index (χ1v) is 9.22. The van der Waals surface area contributed by atoms with Crippen molar-refractivity contribution in [1.29, 1.82) is 0 Å². The Hall–Kier alpha value is -1.45. The fraction of sp³-hybridized carbons (Fsp3) is 0.364. The van der Waals surface area contributed by atoms with E-state index in [9.17, 15) is 21.6 Å². The molecule has 9 heteroatoms. The summed E-state index contributed by atoms with van der Waals surface area (Å²) in [6.45, 7) is -0.135. The zero-order valence-corrected chi connectivity index (χ0v) is 12.3. The van der Waals surface area contributed by atoms with Crippen molar-refractivity contribution >= 4 is 31.5 Å². The maximum atomic E-state index is 11.9. The van der Waals surface area contributed by atoms with Gasteiger partial charge in [-0.1, -0.05) is 12.1 Å². The summed E-state index contributed by atoms with van der Waals surface area (Å²) in [4.78, 5) is 13.1. The lowest BCUT2D eigenvalue weighted by Crippen LogP contribution is -2.32. The first-order valence-electron chi connectivity index (χ1n) is 5.72. The predicted molar refractivity (Wildman–Crippen MR) is 73.4 cm³/mol. The highest BCUT2D eigenvalue weighted by Gasteiger charge is 2.38. The van der Waals surface area contributed by atoms with Crippen LogP contribution in [0.1, 0.15) is 6.42 Å². The van der Waals surface area contributed by atoms with Gasteiger partial charge in [-0.2, -0.15) is 0 Å². The van der Waals surface area contributed by atoms with E-state index in [0.29, 0.717) is 0 Å². The molecule has 0 radical (unpaired) electrons. The highest BCUT2D eigenvalue weighted by atomic mass is 32.2. The third kappa shape index (κ3) is 2.84. The average molecular weight is 318 g/mol. The Kier molecular flexibility index (Phi) is 3.61. The number of amides is 1. The molecule has 0 aromatic heterocycles. The number of primary sulfonamides is 1. The van der Waals surface area contributed by atoms with Crippen molar-refractivity contribution in [3.05, 3.63) is 24.3 Å². The molecule has 0 bridgehead atoms. The smallest absolute Gasteiger partial charge is 0.228 e. The largest absolute Gasteiger partial charge is 0.310 e. The Balaban J connectivity index is 2.47. The van der Waals surface area contributed by atoms with Crippen molar-refractivity contribution in [2.75, 3.05) is 17.7 Å². The SMILES string of the molecule is CS(=O)(=O)c1ccccc1N1CC(S(N)(=O)=O)CC1=O. The number of rotatable bonds is 3. The summed E-state index contributed by atoms with van der Waals surface area (Å²) in [5.41, 5.74) is 0.186. The van der Waals surface area contributed by atoms with Crippen LogP contribution in [0.2, 0.25) is 0 Å². The minimum Gasteiger partial charge on any atom is -0.310 e. The molecule has 0 saturated carbocycles. The molecular formula is C11H14N2O5S2. The molecule has 0 spiro atoms. The standard InChI is InChI=1S/C11H14N2O5S2/c1-19(15,16)10-5-3-2-4-9(10)13-7-8(6-11(13)14)20(12,17)18/h2-5,8H,6-7H2,1H3,(H2,12,17,18). The molecule has 1 heterocycles. The summed E-state index contributed by atoms with van der Waals surface area (Å²) in [5, 5.41) is 4.03. The number of nitrogens with two attached hydrogens (primary N) is 1. The van der Waals surface area contributed by atoms with E-state index in [1.807, 2.05) is 0 Å². The van der Waals surface area contributed by atoms with Gasteiger partial charge in [0.1, 0.15) is 5.25 Å². The molecule has 1 aromatic carbocycles. The average Bonchev–Trinajstić information content (AvgIpc) is 2.70. The summed E-state index contributed by atoms with van der Waals surface area (Å²) in [6, 6.07) is 5.97. The molecule has 20 heavy (non-hydrogen) atoms. The van der Waals surface area contributed by atoms with Crippen LogP contribution in [-0.2, 0) is 24.7 Å². The van der Waals surface area contributed by atoms with E-state index in [0.717, 1.165) is 11.2 Å². The van der Waals surface area contributed by atoms with Gasteiger partial charge in [0.15, 0.2) is 9.84 Å². The Bertz CT molecular complexity index is 755. The number of para-hydroxylation sites is 1. The molecule has 7 nitrogen and oxygen atoms in total. The third-order valence-corrected chi connectivity index (χ3v) is 5.50. The van der Waals surface area contributed by atoms with Gasteiger partial charge >= 0.3 is 0 Å². The van der Waals surface area contributed by atoms with Crippen LogP contribution >= 0.6 is 0 Å². The molecule has 2 rings (SSSR count). The van der Waals surface area contributed by atoms with Gasteiger partial charge in [0.05, 0.1) is 10.6 Å². The van der Waals surface area contributed by atoms with E-state index in [4.69, 9.17) is 5.14 Å². The van der Waals surface area contributed by atoms with Crippen LogP contribution in [0.15, 0.2) is 29.2 Å². The van der Waals surface area contributed by atoms with Crippen molar-refractivity contribution in [2.24, 2.45) is 5.14 Å². The summed E-state index contributed by atoms with van der Waals surface area (Å²) >= 11 is 0. The van der Waals surface area contributed by atoms with Crippen molar-refractivity contribution < 1.29 is 21.6 Å². The zero-order chi connectivity index (χ0) is 15.1. The van der Waals surface area contributed by atoms with E-state index < -0.39 is 31.0 Å². The van der Waals surface area contributed by atoms with Crippen LogP contribution in [0, 0.1) is 0 Å². The van der Waals surface area contributed by atoms with Gasteiger partial charge in [-0.15, -0.1) is 0 Å². The highest BCUT2D eigenvalue weighted by Crippen LogP contribution is 2.30. The van der Waals surface area contributed by atoms with Crippen molar-refractivity contribution in [3.8, 4) is 0 Å². The highest BCUT2D eigenvalue weighted by molar-refractivity contribution is 7.91. The summed E-state index contributed by atoms with van der Waals surface area (Å²) in [5.74, 6) is -0.458. The lowest BCUT2D eigenvalue weighted by Gasteiger charge is -2.19. The van der Waals surface area contributed by atoms with Gasteiger partial charge in [-0.05, 0) is 12.1 Å². The minimum absolute atomic E-state index is 0.0107. The van der Waals surface area contributed by atoms with E-state index in [1.54, 1.807) is 6.07 Å². The normalized spacial score (nSPS) is 20.4. The lowest BCUT2D eigenvalue weighted by atomic mass is 10.3. The molecule has 2 N–H and O–H groups in total. The molecule has 110 valence electrons. The van der Waals surface area contributed by atoms with Crippen LogP contribution in [0.25, 0.3) is 0 Å². The number of nitrogens with zero attached hydrogens (tertiary/aromatic N) is 1. The zero-order valence-electron chi connectivity index (χ0n) is 10.7. The van der Waals surface area contributed by atoms with Crippen LogP contribution in [0.3, 0.4) is 0 Å². The Morgan fingerprint density at radius 3 is 2.30 bits per heavy atom. The van der Waals surface area contributed by atoms with Crippen LogP contribution in [0.5, 0.6) is 0 Å². The summed E-state index contributed by atoms with van der Waals surface area (Å²) in [7, 11) is -7.36. The maximum Gasteiger partial charge on any atom is 0.228 e. The maximum absolute atomic E-state index is 11.9. The van der Waals surface area contributed by atoms with Crippen LogP contribution < -0.4 is 10.0 Å². The Labute approximate surface area is 117 Å². The molecule has 1 unspecified atom stereocenters. The molecular weight excluding hydrogens is 304 g/mol. The molecule has 1 saturated heterocycles. The monoisotopic (exact) mass is 318 g/mol. The van der Waals surface area contributed by atoms with Crippen LogP contribution in [0.4, 0.5) is 5.69 Å². The molecule has 1 fully saturated rings. The second-order valence-electron chi connectivity index (χ2n) is 4.66. The topological polar surface area (TPSA) is 115 Å². The number of carbonyl (C=O) groups is 1. The van der Waals surface area contributed by atoms with Crippen LogP contribution in [-0.4, -0.2) is 40.8 Å². The lowest BCUT2D eigenvalue weighted by molar-refractivity contribution is -0.117. The van der Waals surface area contributed by atoms with Crippen molar-refractivity contribution in [2.45, 2.75) is 16.6 Å². The van der Waals surface area contributed by atoms with E-state index in [1.165, 1.54) is 18.2 Å². The fourth-order valence-electron chi connectivity index (χ4n) is 2.12. The summed E-state index contributed by atoms with van der Waals surface area (Å²) in [6.07, 6.45) is 0.792. The number of carbonyl (C=O) groups excluding carboxylic acids is 1. The fourth-order valence-corrected chi connectivity index (χ4v) is 3.74. The molecule has 1 atom stereocenters. The van der Waals surface area contributed by atoms with Gasteiger partial charge < -0.3 is 4.90 Å². The second-order valence-corrected chi connectivity index (χ2v) is 8.49. The van der Waals surface area contributed by atoms with Crippen molar-refractivity contribution in [3.63, 3.8) is 0 Å². The number of benzene rings is 1. The number of sulfone groups is 1.